The van der Waals surface area contributed by atoms with Crippen LogP contribution in [0.2, 0.25) is 0 Å². The van der Waals surface area contributed by atoms with Gasteiger partial charge in [0, 0.05) is 31.9 Å². The lowest BCUT2D eigenvalue weighted by atomic mass is 9.94. The molecule has 8 heteroatoms. The Morgan fingerprint density at radius 3 is 2.38 bits per heavy atom. The first-order chi connectivity index (χ1) is 13.4. The van der Waals surface area contributed by atoms with Crippen molar-refractivity contribution >= 4 is 39.8 Å². The van der Waals surface area contributed by atoms with Crippen LogP contribution < -0.4 is 10.6 Å². The zero-order valence-corrected chi connectivity index (χ0v) is 21.1. The van der Waals surface area contributed by atoms with Gasteiger partial charge in [0.05, 0.1) is 11.4 Å². The van der Waals surface area contributed by atoms with E-state index >= 15 is 0 Å². The predicted molar refractivity (Wildman–Crippen MR) is 132 cm³/mol. The van der Waals surface area contributed by atoms with Gasteiger partial charge in [0.2, 0.25) is 0 Å². The molecular formula is C21H37IN4O2S. The molecule has 0 aromatic heterocycles. The molecule has 0 bridgehead atoms. The fourth-order valence-electron chi connectivity index (χ4n) is 3.59. The number of halogens is 1. The topological polar surface area (TPSA) is 73.8 Å². The summed E-state index contributed by atoms with van der Waals surface area (Å²) < 4.78 is 23.1. The van der Waals surface area contributed by atoms with E-state index in [0.717, 1.165) is 50.2 Å². The Labute approximate surface area is 193 Å². The lowest BCUT2D eigenvalue weighted by molar-refractivity contribution is 0.196. The van der Waals surface area contributed by atoms with Crippen LogP contribution in [-0.4, -0.2) is 64.8 Å². The van der Waals surface area contributed by atoms with Crippen LogP contribution in [0.3, 0.4) is 0 Å². The number of hydrogen-bond acceptors (Lipinski definition) is 4. The van der Waals surface area contributed by atoms with E-state index in [-0.39, 0.29) is 24.0 Å². The molecule has 1 aliphatic carbocycles. The monoisotopic (exact) mass is 536 g/mol. The Morgan fingerprint density at radius 2 is 1.79 bits per heavy atom. The first-order valence-corrected chi connectivity index (χ1v) is 12.3. The predicted octanol–water partition coefficient (Wildman–Crippen LogP) is 3.07. The van der Waals surface area contributed by atoms with Crippen LogP contribution in [0.25, 0.3) is 0 Å². The Morgan fingerprint density at radius 1 is 1.14 bits per heavy atom. The van der Waals surface area contributed by atoms with E-state index in [9.17, 15) is 8.42 Å². The van der Waals surface area contributed by atoms with E-state index < -0.39 is 9.84 Å². The van der Waals surface area contributed by atoms with E-state index in [1.807, 2.05) is 12.1 Å². The zero-order valence-electron chi connectivity index (χ0n) is 18.0. The number of likely N-dealkylation sites (N-methyl/N-ethyl adjacent to an activating group) is 1. The van der Waals surface area contributed by atoms with Crippen molar-refractivity contribution < 1.29 is 8.42 Å². The zero-order chi connectivity index (χ0) is 20.4. The molecule has 1 saturated carbocycles. The minimum Gasteiger partial charge on any atom is -0.357 e. The van der Waals surface area contributed by atoms with Gasteiger partial charge < -0.3 is 15.5 Å². The summed E-state index contributed by atoms with van der Waals surface area (Å²) in [5, 5.41) is 6.66. The summed E-state index contributed by atoms with van der Waals surface area (Å²) >= 11 is 0. The first kappa shape index (κ1) is 26.2. The number of rotatable bonds is 9. The molecule has 2 rings (SSSR count). The minimum atomic E-state index is -3.14. The van der Waals surface area contributed by atoms with Gasteiger partial charge in [-0.25, -0.2) is 8.42 Å². The highest BCUT2D eigenvalue weighted by Gasteiger charge is 2.17. The summed E-state index contributed by atoms with van der Waals surface area (Å²) in [6, 6.07) is 7.81. The van der Waals surface area contributed by atoms with Gasteiger partial charge in [0.1, 0.15) is 0 Å². The van der Waals surface area contributed by atoms with Crippen LogP contribution in [0.1, 0.15) is 44.6 Å². The summed E-state index contributed by atoms with van der Waals surface area (Å²) in [6.07, 6.45) is 8.77. The maximum absolute atomic E-state index is 11.5. The number of nitrogens with zero attached hydrogens (tertiary/aromatic N) is 2. The van der Waals surface area contributed by atoms with Crippen LogP contribution >= 0.6 is 24.0 Å². The normalized spacial score (nSPS) is 15.8. The fraction of sp³-hybridized carbons (Fsp3) is 0.667. The molecule has 1 aromatic rings. The molecule has 166 valence electrons. The van der Waals surface area contributed by atoms with E-state index in [0.29, 0.717) is 4.90 Å². The summed E-state index contributed by atoms with van der Waals surface area (Å²) in [7, 11) is -0.921. The first-order valence-electron chi connectivity index (χ1n) is 10.4. The molecule has 1 aliphatic rings. The molecule has 0 saturated heterocycles. The molecule has 6 nitrogen and oxygen atoms in total. The molecule has 0 aliphatic heterocycles. The average Bonchev–Trinajstić information content (AvgIpc) is 2.68. The van der Waals surface area contributed by atoms with E-state index in [1.54, 1.807) is 12.1 Å². The van der Waals surface area contributed by atoms with Gasteiger partial charge in [-0.2, -0.15) is 0 Å². The number of aliphatic imine (C=N–C) groups is 1. The second kappa shape index (κ2) is 13.4. The fourth-order valence-corrected chi connectivity index (χ4v) is 4.22. The maximum atomic E-state index is 11.5. The SMILES string of the molecule is CCNC(=NCCN(C)C1CCCCC1)NCCc1ccc(S(C)(=O)=O)cc1.I. The summed E-state index contributed by atoms with van der Waals surface area (Å²) in [5.41, 5.74) is 1.10. The third kappa shape index (κ3) is 9.65. The van der Waals surface area contributed by atoms with Crippen LogP contribution in [0.5, 0.6) is 0 Å². The molecule has 1 aromatic carbocycles. The van der Waals surface area contributed by atoms with E-state index in [4.69, 9.17) is 4.99 Å². The Kier molecular flexibility index (Phi) is 12.1. The van der Waals surface area contributed by atoms with Gasteiger partial charge in [-0.15, -0.1) is 24.0 Å². The highest BCUT2D eigenvalue weighted by Crippen LogP contribution is 2.21. The van der Waals surface area contributed by atoms with Gasteiger partial charge in [0.25, 0.3) is 0 Å². The molecule has 0 heterocycles. The van der Waals surface area contributed by atoms with Crippen molar-refractivity contribution in [1.82, 2.24) is 15.5 Å². The molecule has 1 fully saturated rings. The number of benzene rings is 1. The number of nitrogens with one attached hydrogen (secondary N) is 2. The largest absolute Gasteiger partial charge is 0.357 e. The van der Waals surface area contributed by atoms with Gasteiger partial charge in [-0.3, -0.25) is 4.99 Å². The van der Waals surface area contributed by atoms with Crippen LogP contribution in [0.4, 0.5) is 0 Å². The van der Waals surface area contributed by atoms with Crippen molar-refractivity contribution in [2.24, 2.45) is 4.99 Å². The number of guanidine groups is 1. The third-order valence-corrected chi connectivity index (χ3v) is 6.45. The molecule has 0 amide bonds. The van der Waals surface area contributed by atoms with Crippen LogP contribution in [0, 0.1) is 0 Å². The number of hydrogen-bond donors (Lipinski definition) is 2. The lowest BCUT2D eigenvalue weighted by Crippen LogP contribution is -2.39. The molecule has 0 radical (unpaired) electrons. The van der Waals surface area contributed by atoms with Gasteiger partial charge in [0.15, 0.2) is 15.8 Å². The quantitative estimate of drug-likeness (QED) is 0.289. The van der Waals surface area contributed by atoms with Crippen molar-refractivity contribution in [3.05, 3.63) is 29.8 Å². The molecule has 0 unspecified atom stereocenters. The van der Waals surface area contributed by atoms with E-state index in [2.05, 4.69) is 29.5 Å². The van der Waals surface area contributed by atoms with Gasteiger partial charge in [-0.1, -0.05) is 31.4 Å². The standard InChI is InChI=1S/C21H36N4O2S.HI/c1-4-22-21(24-16-17-25(2)19-8-6-5-7-9-19)23-15-14-18-10-12-20(13-11-18)28(3,26)27;/h10-13,19H,4-9,14-17H2,1-3H3,(H2,22,23,24);1H. The number of sulfone groups is 1. The van der Waals surface area contributed by atoms with Crippen LogP contribution in [-0.2, 0) is 16.3 Å². The second-order valence-corrected chi connectivity index (χ2v) is 9.64. The van der Waals surface area contributed by atoms with Gasteiger partial charge in [-0.05, 0) is 50.9 Å². The lowest BCUT2D eigenvalue weighted by Gasteiger charge is -2.30. The Balaban J connectivity index is 0.00000420. The summed E-state index contributed by atoms with van der Waals surface area (Å²) in [6.45, 7) is 5.41. The summed E-state index contributed by atoms with van der Waals surface area (Å²) in [4.78, 5) is 7.52. The minimum absolute atomic E-state index is 0. The molecule has 0 spiro atoms. The molecular weight excluding hydrogens is 499 g/mol. The van der Waals surface area contributed by atoms with Crippen molar-refractivity contribution in [2.75, 3.05) is 39.5 Å². The van der Waals surface area contributed by atoms with Gasteiger partial charge >= 0.3 is 0 Å². The third-order valence-electron chi connectivity index (χ3n) is 5.32. The van der Waals surface area contributed by atoms with Crippen molar-refractivity contribution in [2.45, 2.75) is 56.4 Å². The second-order valence-electron chi connectivity index (χ2n) is 7.63. The Hall–Kier alpha value is -0.870. The smallest absolute Gasteiger partial charge is 0.191 e. The van der Waals surface area contributed by atoms with Crippen molar-refractivity contribution in [1.29, 1.82) is 0 Å². The average molecular weight is 537 g/mol. The van der Waals surface area contributed by atoms with Crippen LogP contribution in [0.15, 0.2) is 34.2 Å². The van der Waals surface area contributed by atoms with Crippen molar-refractivity contribution in [3.63, 3.8) is 0 Å². The molecule has 29 heavy (non-hydrogen) atoms. The highest BCUT2D eigenvalue weighted by molar-refractivity contribution is 14.0. The van der Waals surface area contributed by atoms with Crippen molar-refractivity contribution in [3.8, 4) is 0 Å². The molecule has 0 atom stereocenters. The maximum Gasteiger partial charge on any atom is 0.191 e. The van der Waals surface area contributed by atoms with E-state index in [1.165, 1.54) is 38.4 Å². The summed E-state index contributed by atoms with van der Waals surface area (Å²) in [5.74, 6) is 0.840. The molecule has 2 N–H and O–H groups in total. The Bertz CT molecular complexity index is 717. The highest BCUT2D eigenvalue weighted by atomic mass is 127.